The third-order valence-electron chi connectivity index (χ3n) is 2.51. The van der Waals surface area contributed by atoms with E-state index in [0.29, 0.717) is 5.69 Å². The number of aryl methyl sites for hydroxylation is 1. The molecule has 0 bridgehead atoms. The molecule has 0 aliphatic carbocycles. The molecule has 0 saturated heterocycles. The molecular formula is C12H9N3OS. The number of pyridine rings is 1. The van der Waals surface area contributed by atoms with Crippen molar-refractivity contribution in [1.29, 1.82) is 0 Å². The summed E-state index contributed by atoms with van der Waals surface area (Å²) >= 11 is 1.62. The first-order valence-corrected chi connectivity index (χ1v) is 5.95. The van der Waals surface area contributed by atoms with Gasteiger partial charge in [0, 0.05) is 12.4 Å². The predicted octanol–water partition coefficient (Wildman–Crippen LogP) is 2.58. The van der Waals surface area contributed by atoms with E-state index in [9.17, 15) is 4.79 Å². The second-order valence-corrected chi connectivity index (χ2v) is 4.90. The summed E-state index contributed by atoms with van der Waals surface area (Å²) in [5.74, 6) is 0. The van der Waals surface area contributed by atoms with E-state index in [2.05, 4.69) is 9.97 Å². The number of hydrogen-bond donors (Lipinski definition) is 0. The molecule has 0 aliphatic rings. The van der Waals surface area contributed by atoms with Crippen molar-refractivity contribution in [3.63, 3.8) is 0 Å². The van der Waals surface area contributed by atoms with Gasteiger partial charge in [0.25, 0.3) is 0 Å². The predicted molar refractivity (Wildman–Crippen MR) is 66.4 cm³/mol. The number of carbonyl (C=O) groups is 1. The molecule has 3 aromatic heterocycles. The highest BCUT2D eigenvalue weighted by molar-refractivity contribution is 7.15. The molecule has 3 aromatic rings. The zero-order valence-electron chi connectivity index (χ0n) is 9.12. The molecule has 0 aliphatic heterocycles. The lowest BCUT2D eigenvalue weighted by Gasteiger charge is -2.00. The smallest absolute Gasteiger partial charge is 0.170 e. The summed E-state index contributed by atoms with van der Waals surface area (Å²) in [7, 11) is 0. The van der Waals surface area contributed by atoms with Crippen molar-refractivity contribution in [3.05, 3.63) is 41.3 Å². The summed E-state index contributed by atoms with van der Waals surface area (Å²) in [5.41, 5.74) is 2.23. The lowest BCUT2D eigenvalue weighted by Crippen LogP contribution is -1.87. The molecular weight excluding hydrogens is 234 g/mol. The molecule has 84 valence electrons. The molecule has 17 heavy (non-hydrogen) atoms. The van der Waals surface area contributed by atoms with E-state index in [1.165, 1.54) is 0 Å². The number of hydrogen-bond acceptors (Lipinski definition) is 4. The quantitative estimate of drug-likeness (QED) is 0.650. The van der Waals surface area contributed by atoms with Crippen molar-refractivity contribution in [2.24, 2.45) is 0 Å². The third kappa shape index (κ3) is 1.64. The molecule has 0 amide bonds. The molecule has 0 radical (unpaired) electrons. The average molecular weight is 243 g/mol. The van der Waals surface area contributed by atoms with Gasteiger partial charge in [-0.1, -0.05) is 6.07 Å². The van der Waals surface area contributed by atoms with Gasteiger partial charge in [-0.2, -0.15) is 0 Å². The molecule has 3 heterocycles. The first-order chi connectivity index (χ1) is 8.28. The van der Waals surface area contributed by atoms with Gasteiger partial charge in [-0.05, 0) is 19.1 Å². The van der Waals surface area contributed by atoms with Gasteiger partial charge < -0.3 is 0 Å². The number of aldehydes is 1. The van der Waals surface area contributed by atoms with Crippen LogP contribution in [0, 0.1) is 6.92 Å². The number of thiazole rings is 1. The zero-order valence-corrected chi connectivity index (χ0v) is 9.94. The number of imidazole rings is 1. The van der Waals surface area contributed by atoms with Crippen LogP contribution in [-0.4, -0.2) is 20.7 Å². The van der Waals surface area contributed by atoms with E-state index < -0.39 is 0 Å². The fraction of sp³-hybridized carbons (Fsp3) is 0.0833. The fourth-order valence-corrected chi connectivity index (χ4v) is 2.57. The van der Waals surface area contributed by atoms with Gasteiger partial charge in [0.15, 0.2) is 6.29 Å². The number of aromatic nitrogens is 3. The second-order valence-electron chi connectivity index (χ2n) is 3.67. The minimum Gasteiger partial charge on any atom is -0.298 e. The number of fused-ring (bicyclic) bond motifs is 1. The van der Waals surface area contributed by atoms with Crippen molar-refractivity contribution in [3.8, 4) is 10.6 Å². The Bertz CT molecular complexity index is 699. The summed E-state index contributed by atoms with van der Waals surface area (Å²) in [4.78, 5) is 20.3. The van der Waals surface area contributed by atoms with Crippen LogP contribution in [0.3, 0.4) is 0 Å². The monoisotopic (exact) mass is 243 g/mol. The Hall–Kier alpha value is -2.01. The van der Waals surface area contributed by atoms with Crippen LogP contribution in [0.2, 0.25) is 0 Å². The minimum absolute atomic E-state index is 0.443. The van der Waals surface area contributed by atoms with Gasteiger partial charge in [0.2, 0.25) is 0 Å². The molecule has 4 nitrogen and oxygen atoms in total. The summed E-state index contributed by atoms with van der Waals surface area (Å²) in [6.07, 6.45) is 4.34. The summed E-state index contributed by atoms with van der Waals surface area (Å²) in [6, 6.07) is 5.81. The third-order valence-corrected chi connectivity index (χ3v) is 3.44. The van der Waals surface area contributed by atoms with Gasteiger partial charge in [-0.25, -0.2) is 9.97 Å². The molecule has 0 spiro atoms. The Morgan fingerprint density at radius 2 is 2.29 bits per heavy atom. The molecule has 0 N–H and O–H groups in total. The molecule has 0 fully saturated rings. The zero-order chi connectivity index (χ0) is 11.8. The average Bonchev–Trinajstić information content (AvgIpc) is 2.93. The lowest BCUT2D eigenvalue weighted by molar-refractivity contribution is 0.111. The van der Waals surface area contributed by atoms with E-state index in [0.717, 1.165) is 27.5 Å². The van der Waals surface area contributed by atoms with Crippen LogP contribution in [-0.2, 0) is 0 Å². The topological polar surface area (TPSA) is 47.3 Å². The normalized spacial score (nSPS) is 10.9. The van der Waals surface area contributed by atoms with Gasteiger partial charge in [-0.15, -0.1) is 11.3 Å². The van der Waals surface area contributed by atoms with Gasteiger partial charge >= 0.3 is 0 Å². The van der Waals surface area contributed by atoms with Crippen molar-refractivity contribution >= 4 is 23.3 Å². The molecule has 5 heteroatoms. The van der Waals surface area contributed by atoms with Crippen LogP contribution in [0.1, 0.15) is 15.5 Å². The molecule has 0 unspecified atom stereocenters. The molecule has 3 rings (SSSR count). The van der Waals surface area contributed by atoms with Gasteiger partial charge in [-0.3, -0.25) is 9.20 Å². The van der Waals surface area contributed by atoms with Crippen LogP contribution >= 0.6 is 11.3 Å². The highest BCUT2D eigenvalue weighted by Crippen LogP contribution is 2.26. The lowest BCUT2D eigenvalue weighted by atomic mass is 10.3. The van der Waals surface area contributed by atoms with Crippen molar-refractivity contribution < 1.29 is 4.79 Å². The Balaban J connectivity index is 2.28. The SMILES string of the molecule is Cc1ncc(-c2cccc3nc(C=O)cn23)s1. The van der Waals surface area contributed by atoms with Crippen molar-refractivity contribution in [2.75, 3.05) is 0 Å². The van der Waals surface area contributed by atoms with Crippen molar-refractivity contribution in [1.82, 2.24) is 14.4 Å². The highest BCUT2D eigenvalue weighted by Gasteiger charge is 2.08. The van der Waals surface area contributed by atoms with E-state index >= 15 is 0 Å². The van der Waals surface area contributed by atoms with Crippen molar-refractivity contribution in [2.45, 2.75) is 6.92 Å². The first-order valence-electron chi connectivity index (χ1n) is 5.14. The minimum atomic E-state index is 0.443. The van der Waals surface area contributed by atoms with E-state index in [-0.39, 0.29) is 0 Å². The summed E-state index contributed by atoms with van der Waals surface area (Å²) < 4.78 is 1.91. The van der Waals surface area contributed by atoms with Gasteiger partial charge in [0.1, 0.15) is 11.3 Å². The Kier molecular flexibility index (Phi) is 2.26. The molecule has 0 atom stereocenters. The largest absolute Gasteiger partial charge is 0.298 e. The summed E-state index contributed by atoms with van der Waals surface area (Å²) in [6.45, 7) is 1.97. The molecule has 0 saturated carbocycles. The Morgan fingerprint density at radius 3 is 3.00 bits per heavy atom. The van der Waals surface area contributed by atoms with Crippen LogP contribution in [0.5, 0.6) is 0 Å². The maximum atomic E-state index is 10.7. The summed E-state index contributed by atoms with van der Waals surface area (Å²) in [5, 5.41) is 1.02. The maximum absolute atomic E-state index is 10.7. The molecule has 0 aromatic carbocycles. The maximum Gasteiger partial charge on any atom is 0.170 e. The van der Waals surface area contributed by atoms with E-state index in [1.807, 2.05) is 35.7 Å². The number of nitrogens with zero attached hydrogens (tertiary/aromatic N) is 3. The fourth-order valence-electron chi connectivity index (χ4n) is 1.77. The first kappa shape index (κ1) is 10.2. The van der Waals surface area contributed by atoms with Crippen LogP contribution in [0.4, 0.5) is 0 Å². The Labute approximate surface area is 102 Å². The van der Waals surface area contributed by atoms with E-state index in [4.69, 9.17) is 0 Å². The standard InChI is InChI=1S/C12H9N3OS/c1-8-13-5-11(17-8)10-3-2-4-12-14-9(7-16)6-15(10)12/h2-7H,1H3. The number of carbonyl (C=O) groups excluding carboxylic acids is 1. The second kappa shape index (κ2) is 3.78. The van der Waals surface area contributed by atoms with Crippen LogP contribution < -0.4 is 0 Å². The van der Waals surface area contributed by atoms with Gasteiger partial charge in [0.05, 0.1) is 15.6 Å². The number of rotatable bonds is 2. The Morgan fingerprint density at radius 1 is 1.41 bits per heavy atom. The van der Waals surface area contributed by atoms with E-state index in [1.54, 1.807) is 17.5 Å². The highest BCUT2D eigenvalue weighted by atomic mass is 32.1. The van der Waals surface area contributed by atoms with Crippen LogP contribution in [0.15, 0.2) is 30.6 Å². The van der Waals surface area contributed by atoms with Crippen LogP contribution in [0.25, 0.3) is 16.2 Å².